The molecule has 2 rings (SSSR count). The van der Waals surface area contributed by atoms with Gasteiger partial charge in [0.15, 0.2) is 0 Å². The first-order valence-electron chi connectivity index (χ1n) is 5.67. The summed E-state index contributed by atoms with van der Waals surface area (Å²) in [4.78, 5) is 10.6. The second-order valence-corrected chi connectivity index (χ2v) is 4.85. The van der Waals surface area contributed by atoms with Gasteiger partial charge in [-0.2, -0.15) is 0 Å². The summed E-state index contributed by atoms with van der Waals surface area (Å²) in [5.74, 6) is 0. The Labute approximate surface area is 104 Å². The number of likely N-dealkylation sites (tertiary alicyclic amines) is 1. The third-order valence-corrected chi connectivity index (χ3v) is 3.09. The minimum atomic E-state index is 0.459. The lowest BCUT2D eigenvalue weighted by atomic mass is 10.1. The van der Waals surface area contributed by atoms with Gasteiger partial charge in [0.25, 0.3) is 0 Å². The van der Waals surface area contributed by atoms with Gasteiger partial charge in [-0.15, -0.1) is 0 Å². The van der Waals surface area contributed by atoms with Gasteiger partial charge in [-0.05, 0) is 41.9 Å². The Morgan fingerprint density at radius 3 is 2.56 bits per heavy atom. The van der Waals surface area contributed by atoms with Gasteiger partial charge >= 0.3 is 6.01 Å². The lowest BCUT2D eigenvalue weighted by Crippen LogP contribution is -2.33. The van der Waals surface area contributed by atoms with Crippen molar-refractivity contribution in [3.05, 3.63) is 16.9 Å². The van der Waals surface area contributed by atoms with Crippen LogP contribution in [0.5, 0.6) is 6.01 Å². The molecule has 0 aromatic carbocycles. The van der Waals surface area contributed by atoms with Crippen molar-refractivity contribution in [1.82, 2.24) is 14.9 Å². The average Bonchev–Trinajstić information content (AvgIpc) is 2.33. The average molecular weight is 286 g/mol. The highest BCUT2D eigenvalue weighted by molar-refractivity contribution is 9.10. The van der Waals surface area contributed by atoms with Crippen LogP contribution in [0, 0.1) is 0 Å². The van der Waals surface area contributed by atoms with E-state index in [9.17, 15) is 0 Å². The molecule has 1 aromatic rings. The first-order valence-corrected chi connectivity index (χ1v) is 6.46. The Morgan fingerprint density at radius 1 is 1.19 bits per heavy atom. The molecule has 0 saturated carbocycles. The number of rotatable bonds is 4. The Kier molecular flexibility index (Phi) is 4.54. The predicted molar refractivity (Wildman–Crippen MR) is 65.5 cm³/mol. The molecule has 1 saturated heterocycles. The molecule has 16 heavy (non-hydrogen) atoms. The summed E-state index contributed by atoms with van der Waals surface area (Å²) >= 11 is 3.29. The van der Waals surface area contributed by atoms with Gasteiger partial charge in [0.05, 0.1) is 4.47 Å². The summed E-state index contributed by atoms with van der Waals surface area (Å²) in [6.07, 6.45) is 7.39. The third kappa shape index (κ3) is 3.72. The highest BCUT2D eigenvalue weighted by Crippen LogP contribution is 2.10. The Balaban J connectivity index is 1.69. The number of nitrogens with zero attached hydrogens (tertiary/aromatic N) is 3. The fourth-order valence-electron chi connectivity index (χ4n) is 1.82. The standard InChI is InChI=1S/C11H16BrN3O/c12-10-8-13-11(14-9-10)16-7-6-15-4-2-1-3-5-15/h8-9H,1-7H2. The van der Waals surface area contributed by atoms with Crippen molar-refractivity contribution in [1.29, 1.82) is 0 Å². The Bertz CT molecular complexity index is 312. The zero-order chi connectivity index (χ0) is 11.2. The zero-order valence-electron chi connectivity index (χ0n) is 9.23. The molecule has 1 aromatic heterocycles. The van der Waals surface area contributed by atoms with E-state index >= 15 is 0 Å². The summed E-state index contributed by atoms with van der Waals surface area (Å²) in [5.41, 5.74) is 0. The van der Waals surface area contributed by atoms with Crippen LogP contribution in [0.15, 0.2) is 16.9 Å². The Morgan fingerprint density at radius 2 is 1.88 bits per heavy atom. The second kappa shape index (κ2) is 6.15. The predicted octanol–water partition coefficient (Wildman–Crippen LogP) is 2.10. The van der Waals surface area contributed by atoms with Gasteiger partial charge in [-0.1, -0.05) is 6.42 Å². The fraction of sp³-hybridized carbons (Fsp3) is 0.636. The first kappa shape index (κ1) is 11.8. The van der Waals surface area contributed by atoms with Crippen molar-refractivity contribution in [3.63, 3.8) is 0 Å². The van der Waals surface area contributed by atoms with Crippen LogP contribution in [-0.4, -0.2) is 41.1 Å². The number of piperidine rings is 1. The van der Waals surface area contributed by atoms with E-state index in [0.717, 1.165) is 11.0 Å². The van der Waals surface area contributed by atoms with Gasteiger partial charge < -0.3 is 4.74 Å². The monoisotopic (exact) mass is 285 g/mol. The maximum atomic E-state index is 5.48. The quantitative estimate of drug-likeness (QED) is 0.849. The molecule has 0 amide bonds. The molecule has 2 heterocycles. The molecule has 0 unspecified atom stereocenters. The summed E-state index contributed by atoms with van der Waals surface area (Å²) < 4.78 is 6.35. The normalized spacial score (nSPS) is 17.3. The second-order valence-electron chi connectivity index (χ2n) is 3.93. The van der Waals surface area contributed by atoms with Gasteiger partial charge in [0.1, 0.15) is 6.61 Å². The maximum Gasteiger partial charge on any atom is 0.316 e. The molecular formula is C11H16BrN3O. The largest absolute Gasteiger partial charge is 0.462 e. The SMILES string of the molecule is Brc1cnc(OCCN2CCCCC2)nc1. The molecule has 88 valence electrons. The van der Waals surface area contributed by atoms with Crippen LogP contribution in [0.3, 0.4) is 0 Å². The van der Waals surface area contributed by atoms with E-state index in [4.69, 9.17) is 4.74 Å². The van der Waals surface area contributed by atoms with Crippen molar-refractivity contribution in [2.24, 2.45) is 0 Å². The van der Waals surface area contributed by atoms with Crippen LogP contribution in [0.2, 0.25) is 0 Å². The van der Waals surface area contributed by atoms with E-state index in [1.54, 1.807) is 12.4 Å². The molecule has 0 atom stereocenters. The molecular weight excluding hydrogens is 270 g/mol. The van der Waals surface area contributed by atoms with E-state index in [1.165, 1.54) is 32.4 Å². The van der Waals surface area contributed by atoms with Crippen molar-refractivity contribution >= 4 is 15.9 Å². The summed E-state index contributed by atoms with van der Waals surface area (Å²) in [7, 11) is 0. The number of halogens is 1. The van der Waals surface area contributed by atoms with E-state index in [-0.39, 0.29) is 0 Å². The van der Waals surface area contributed by atoms with Crippen LogP contribution in [-0.2, 0) is 0 Å². The molecule has 1 fully saturated rings. The van der Waals surface area contributed by atoms with Crippen LogP contribution in [0.25, 0.3) is 0 Å². The van der Waals surface area contributed by atoms with E-state index in [0.29, 0.717) is 12.6 Å². The number of ether oxygens (including phenoxy) is 1. The smallest absolute Gasteiger partial charge is 0.316 e. The van der Waals surface area contributed by atoms with Crippen LogP contribution in [0.1, 0.15) is 19.3 Å². The molecule has 0 aliphatic carbocycles. The molecule has 1 aliphatic heterocycles. The van der Waals surface area contributed by atoms with Crippen LogP contribution >= 0.6 is 15.9 Å². The maximum absolute atomic E-state index is 5.48. The van der Waals surface area contributed by atoms with Crippen LogP contribution < -0.4 is 4.74 Å². The topological polar surface area (TPSA) is 38.2 Å². The molecule has 0 bridgehead atoms. The zero-order valence-corrected chi connectivity index (χ0v) is 10.8. The fourth-order valence-corrected chi connectivity index (χ4v) is 2.03. The van der Waals surface area contributed by atoms with Gasteiger partial charge in [-0.25, -0.2) is 9.97 Å². The molecule has 4 nitrogen and oxygen atoms in total. The van der Waals surface area contributed by atoms with Crippen molar-refractivity contribution in [3.8, 4) is 6.01 Å². The lowest BCUT2D eigenvalue weighted by Gasteiger charge is -2.25. The minimum absolute atomic E-state index is 0.459. The summed E-state index contributed by atoms with van der Waals surface area (Å²) in [6, 6.07) is 0.459. The number of aromatic nitrogens is 2. The molecule has 0 N–H and O–H groups in total. The lowest BCUT2D eigenvalue weighted by molar-refractivity contribution is 0.177. The highest BCUT2D eigenvalue weighted by Gasteiger charge is 2.09. The van der Waals surface area contributed by atoms with Crippen molar-refractivity contribution in [2.45, 2.75) is 19.3 Å². The van der Waals surface area contributed by atoms with Crippen molar-refractivity contribution < 1.29 is 4.74 Å². The molecule has 1 aliphatic rings. The minimum Gasteiger partial charge on any atom is -0.462 e. The van der Waals surface area contributed by atoms with Gasteiger partial charge in [0, 0.05) is 18.9 Å². The first-order chi connectivity index (χ1) is 7.84. The van der Waals surface area contributed by atoms with Crippen molar-refractivity contribution in [2.75, 3.05) is 26.2 Å². The highest BCUT2D eigenvalue weighted by atomic mass is 79.9. The van der Waals surface area contributed by atoms with E-state index < -0.39 is 0 Å². The molecule has 0 spiro atoms. The summed E-state index contributed by atoms with van der Waals surface area (Å²) in [6.45, 7) is 4.04. The summed E-state index contributed by atoms with van der Waals surface area (Å²) in [5, 5.41) is 0. The van der Waals surface area contributed by atoms with Gasteiger partial charge in [0.2, 0.25) is 0 Å². The van der Waals surface area contributed by atoms with Crippen LogP contribution in [0.4, 0.5) is 0 Å². The number of hydrogen-bond donors (Lipinski definition) is 0. The van der Waals surface area contributed by atoms with Gasteiger partial charge in [-0.3, -0.25) is 4.90 Å². The molecule has 0 radical (unpaired) electrons. The molecule has 5 heteroatoms. The third-order valence-electron chi connectivity index (χ3n) is 2.68. The number of hydrogen-bond acceptors (Lipinski definition) is 4. The van der Waals surface area contributed by atoms with E-state index in [2.05, 4.69) is 30.8 Å². The Hall–Kier alpha value is -0.680. The van der Waals surface area contributed by atoms with E-state index in [1.807, 2.05) is 0 Å².